The molecule has 0 radical (unpaired) electrons. The number of hydrogen-bond acceptors (Lipinski definition) is 3. The molecule has 0 aliphatic heterocycles. The fourth-order valence-corrected chi connectivity index (χ4v) is 3.56. The van der Waals surface area contributed by atoms with Gasteiger partial charge in [-0.2, -0.15) is 0 Å². The Balaban J connectivity index is 0.00000208. The second-order valence-corrected chi connectivity index (χ2v) is 7.06. The van der Waals surface area contributed by atoms with E-state index < -0.39 is 0 Å². The molecule has 7 heteroatoms. The van der Waals surface area contributed by atoms with Crippen LogP contribution < -0.4 is 4.80 Å². The molecule has 0 aliphatic carbocycles. The molecule has 3 rings (SSSR count). The van der Waals surface area contributed by atoms with Crippen LogP contribution in [0.2, 0.25) is 5.02 Å². The molecular weight excluding hydrogens is 476 g/mol. The molecule has 1 heterocycles. The molecule has 1 N–H and O–H groups in total. The fraction of sp³-hybridized carbons (Fsp3) is 0.118. The highest BCUT2D eigenvalue weighted by atomic mass is 79.9. The summed E-state index contributed by atoms with van der Waals surface area (Å²) in [5.74, 6) is 0. The minimum Gasteiger partial charge on any atom is -0.395 e. The van der Waals surface area contributed by atoms with Crippen LogP contribution in [-0.2, 0) is 6.54 Å². The van der Waals surface area contributed by atoms with Crippen LogP contribution >= 0.6 is 55.8 Å². The third-order valence-electron chi connectivity index (χ3n) is 3.31. The molecule has 0 unspecified atom stereocenters. The fourth-order valence-electron chi connectivity index (χ4n) is 2.21. The molecule has 1 aromatic heterocycles. The lowest BCUT2D eigenvalue weighted by atomic mass is 10.2. The summed E-state index contributed by atoms with van der Waals surface area (Å²) in [4.78, 5) is 5.54. The van der Waals surface area contributed by atoms with Crippen molar-refractivity contribution in [1.82, 2.24) is 4.57 Å². The van der Waals surface area contributed by atoms with Gasteiger partial charge in [-0.3, -0.25) is 0 Å². The molecule has 0 aliphatic rings. The lowest BCUT2D eigenvalue weighted by molar-refractivity contribution is 0.275. The third-order valence-corrected chi connectivity index (χ3v) is 4.96. The lowest BCUT2D eigenvalue weighted by Crippen LogP contribution is -2.17. The van der Waals surface area contributed by atoms with Crippen molar-refractivity contribution < 1.29 is 5.11 Å². The minimum absolute atomic E-state index is 0. The highest BCUT2D eigenvalue weighted by Crippen LogP contribution is 2.23. The number of hydrogen-bond donors (Lipinski definition) is 1. The second-order valence-electron chi connectivity index (χ2n) is 4.87. The average molecular weight is 491 g/mol. The molecule has 0 saturated heterocycles. The van der Waals surface area contributed by atoms with Gasteiger partial charge in [0, 0.05) is 21.4 Å². The van der Waals surface area contributed by atoms with E-state index in [1.54, 1.807) is 11.3 Å². The molecule has 0 saturated carbocycles. The maximum atomic E-state index is 9.40. The van der Waals surface area contributed by atoms with E-state index >= 15 is 0 Å². The molecule has 0 bridgehead atoms. The molecule has 126 valence electrons. The summed E-state index contributed by atoms with van der Waals surface area (Å²) < 4.78 is 3.04. The van der Waals surface area contributed by atoms with E-state index in [-0.39, 0.29) is 23.6 Å². The summed E-state index contributed by atoms with van der Waals surface area (Å²) in [5.41, 5.74) is 2.96. The van der Waals surface area contributed by atoms with Crippen LogP contribution in [0.5, 0.6) is 0 Å². The zero-order valence-corrected chi connectivity index (χ0v) is 17.4. The zero-order chi connectivity index (χ0) is 16.2. The van der Waals surface area contributed by atoms with Crippen LogP contribution in [0.1, 0.15) is 0 Å². The molecule has 0 amide bonds. The summed E-state index contributed by atoms with van der Waals surface area (Å²) in [6.45, 7) is 0.557. The number of thiazole rings is 1. The van der Waals surface area contributed by atoms with Crippen molar-refractivity contribution in [3.63, 3.8) is 0 Å². The van der Waals surface area contributed by atoms with Crippen molar-refractivity contribution in [2.45, 2.75) is 6.54 Å². The van der Waals surface area contributed by atoms with Crippen molar-refractivity contribution in [2.75, 3.05) is 6.61 Å². The highest BCUT2D eigenvalue weighted by Gasteiger charge is 2.08. The Hall–Kier alpha value is -0.920. The largest absolute Gasteiger partial charge is 0.395 e. The topological polar surface area (TPSA) is 37.5 Å². The van der Waals surface area contributed by atoms with Gasteiger partial charge in [-0.25, -0.2) is 4.99 Å². The highest BCUT2D eigenvalue weighted by molar-refractivity contribution is 9.10. The van der Waals surface area contributed by atoms with Gasteiger partial charge in [0.05, 0.1) is 18.0 Å². The zero-order valence-electron chi connectivity index (χ0n) is 12.5. The first kappa shape index (κ1) is 19.4. The Morgan fingerprint density at radius 1 is 1.08 bits per heavy atom. The maximum absolute atomic E-state index is 9.40. The summed E-state index contributed by atoms with van der Waals surface area (Å²) >= 11 is 10.9. The Kier molecular flexibility index (Phi) is 7.25. The van der Waals surface area contributed by atoms with E-state index in [2.05, 4.69) is 26.3 Å². The predicted molar refractivity (Wildman–Crippen MR) is 110 cm³/mol. The van der Waals surface area contributed by atoms with E-state index in [9.17, 15) is 5.11 Å². The summed E-state index contributed by atoms with van der Waals surface area (Å²) in [7, 11) is 0. The van der Waals surface area contributed by atoms with Crippen molar-refractivity contribution in [3.8, 4) is 11.3 Å². The molecule has 0 atom stereocenters. The molecular formula is C17H15Br2ClN2OS. The first-order valence-electron chi connectivity index (χ1n) is 7.03. The van der Waals surface area contributed by atoms with Crippen molar-refractivity contribution >= 4 is 61.5 Å². The van der Waals surface area contributed by atoms with Crippen molar-refractivity contribution in [2.24, 2.45) is 4.99 Å². The maximum Gasteiger partial charge on any atom is 0.190 e. The lowest BCUT2D eigenvalue weighted by Gasteiger charge is -2.07. The van der Waals surface area contributed by atoms with Crippen LogP contribution in [-0.4, -0.2) is 16.3 Å². The predicted octanol–water partition coefficient (Wildman–Crippen LogP) is 5.44. The number of aliphatic hydroxyl groups is 1. The van der Waals surface area contributed by atoms with Crippen molar-refractivity contribution in [1.29, 1.82) is 0 Å². The van der Waals surface area contributed by atoms with Crippen LogP contribution in [0.25, 0.3) is 11.3 Å². The van der Waals surface area contributed by atoms with Crippen LogP contribution in [0.3, 0.4) is 0 Å². The Morgan fingerprint density at radius 3 is 2.38 bits per heavy atom. The molecule has 0 fully saturated rings. The molecule has 3 nitrogen and oxygen atoms in total. The number of rotatable bonds is 4. The number of aliphatic hydroxyl groups excluding tert-OH is 1. The minimum atomic E-state index is 0. The van der Waals surface area contributed by atoms with E-state index in [1.807, 2.05) is 53.1 Å². The average Bonchev–Trinajstić information content (AvgIpc) is 2.94. The standard InChI is InChI=1S/C17H14BrClN2OS.BrH/c18-13-3-7-15(8-4-13)20-17-21(9-10-22)16(11-23-17)12-1-5-14(19)6-2-12;/h1-8,11,22H,9-10H2;1H. The molecule has 0 spiro atoms. The SMILES string of the molecule is Br.OCCn1c(-c2ccc(Cl)cc2)csc1=Nc1ccc(Br)cc1. The van der Waals surface area contributed by atoms with E-state index in [1.165, 1.54) is 0 Å². The molecule has 24 heavy (non-hydrogen) atoms. The number of halogens is 3. The smallest absolute Gasteiger partial charge is 0.190 e. The Labute approximate surface area is 168 Å². The van der Waals surface area contributed by atoms with Gasteiger partial charge in [0.25, 0.3) is 0 Å². The summed E-state index contributed by atoms with van der Waals surface area (Å²) in [5, 5.41) is 12.2. The van der Waals surface area contributed by atoms with Gasteiger partial charge >= 0.3 is 0 Å². The van der Waals surface area contributed by atoms with Gasteiger partial charge < -0.3 is 9.67 Å². The first-order valence-corrected chi connectivity index (χ1v) is 9.08. The quantitative estimate of drug-likeness (QED) is 0.520. The Morgan fingerprint density at radius 2 is 1.75 bits per heavy atom. The third kappa shape index (κ3) is 4.58. The van der Waals surface area contributed by atoms with E-state index in [0.717, 1.165) is 26.2 Å². The first-order chi connectivity index (χ1) is 11.2. The van der Waals surface area contributed by atoms with Gasteiger partial charge in [0.15, 0.2) is 4.80 Å². The van der Waals surface area contributed by atoms with Gasteiger partial charge in [-0.05, 0) is 42.0 Å². The number of aromatic nitrogens is 1. The summed E-state index contributed by atoms with van der Waals surface area (Å²) in [6, 6.07) is 15.5. The van der Waals surface area contributed by atoms with E-state index in [4.69, 9.17) is 11.6 Å². The summed E-state index contributed by atoms with van der Waals surface area (Å²) in [6.07, 6.45) is 0. The number of nitrogens with zero attached hydrogens (tertiary/aromatic N) is 2. The second kappa shape index (κ2) is 8.97. The van der Waals surface area contributed by atoms with Crippen LogP contribution in [0, 0.1) is 0 Å². The van der Waals surface area contributed by atoms with Crippen molar-refractivity contribution in [3.05, 3.63) is 68.2 Å². The van der Waals surface area contributed by atoms with Gasteiger partial charge in [-0.15, -0.1) is 28.3 Å². The van der Waals surface area contributed by atoms with E-state index in [0.29, 0.717) is 11.6 Å². The monoisotopic (exact) mass is 488 g/mol. The van der Waals surface area contributed by atoms with Gasteiger partial charge in [0.2, 0.25) is 0 Å². The normalized spacial score (nSPS) is 11.4. The van der Waals surface area contributed by atoms with Crippen LogP contribution in [0.15, 0.2) is 63.4 Å². The Bertz CT molecular complexity index is 858. The van der Waals surface area contributed by atoms with Crippen LogP contribution in [0.4, 0.5) is 5.69 Å². The van der Waals surface area contributed by atoms with Gasteiger partial charge in [-0.1, -0.05) is 39.7 Å². The molecule has 2 aromatic carbocycles. The van der Waals surface area contributed by atoms with Gasteiger partial charge in [0.1, 0.15) is 0 Å². The number of benzene rings is 2. The molecule has 3 aromatic rings.